The number of imidazole rings is 1. The topological polar surface area (TPSA) is 21.9 Å². The van der Waals surface area contributed by atoms with Crippen molar-refractivity contribution in [2.24, 2.45) is 0 Å². The third-order valence-electron chi connectivity index (χ3n) is 4.83. The number of rotatable bonds is 5. The quantitative estimate of drug-likeness (QED) is 0.487. The first-order valence-electron chi connectivity index (χ1n) is 9.21. The molecular formula is C22H24N3+. The van der Waals surface area contributed by atoms with Crippen molar-refractivity contribution in [1.82, 2.24) is 9.55 Å². The van der Waals surface area contributed by atoms with Crippen LogP contribution in [0.25, 0.3) is 22.4 Å². The lowest BCUT2D eigenvalue weighted by Crippen LogP contribution is -2.25. The number of nitrogens with zero attached hydrogens (tertiary/aromatic N) is 3. The lowest BCUT2D eigenvalue weighted by atomic mass is 9.97. The Morgan fingerprint density at radius 2 is 1.68 bits per heavy atom. The van der Waals surface area contributed by atoms with Crippen molar-refractivity contribution in [1.29, 1.82) is 0 Å². The van der Waals surface area contributed by atoms with Gasteiger partial charge in [0, 0.05) is 5.56 Å². The number of fused-ring (bicyclic) bond motifs is 3. The van der Waals surface area contributed by atoms with E-state index in [9.17, 15) is 0 Å². The van der Waals surface area contributed by atoms with Crippen molar-refractivity contribution < 1.29 is 4.40 Å². The second-order valence-corrected chi connectivity index (χ2v) is 6.53. The maximum absolute atomic E-state index is 4.71. The van der Waals surface area contributed by atoms with Gasteiger partial charge in [0.15, 0.2) is 0 Å². The van der Waals surface area contributed by atoms with Gasteiger partial charge in [-0.25, -0.2) is 4.57 Å². The summed E-state index contributed by atoms with van der Waals surface area (Å²) in [6.07, 6.45) is 10.7. The summed E-state index contributed by atoms with van der Waals surface area (Å²) in [5.74, 6) is 0. The van der Waals surface area contributed by atoms with E-state index in [2.05, 4.69) is 77.7 Å². The van der Waals surface area contributed by atoms with Crippen LogP contribution >= 0.6 is 0 Å². The predicted octanol–water partition coefficient (Wildman–Crippen LogP) is 4.67. The Morgan fingerprint density at radius 1 is 0.920 bits per heavy atom. The molecule has 3 heterocycles. The lowest BCUT2D eigenvalue weighted by Gasteiger charge is -2.12. The van der Waals surface area contributed by atoms with E-state index < -0.39 is 0 Å². The molecule has 1 aromatic carbocycles. The summed E-state index contributed by atoms with van der Waals surface area (Å²) >= 11 is 0. The number of benzene rings is 1. The van der Waals surface area contributed by atoms with Crippen LogP contribution in [0.3, 0.4) is 0 Å². The van der Waals surface area contributed by atoms with Gasteiger partial charge in [-0.3, -0.25) is 0 Å². The third kappa shape index (κ3) is 2.60. The molecule has 3 nitrogen and oxygen atoms in total. The zero-order valence-electron chi connectivity index (χ0n) is 14.9. The van der Waals surface area contributed by atoms with Gasteiger partial charge >= 0.3 is 0 Å². The molecule has 0 spiro atoms. The number of aromatic nitrogens is 3. The fourth-order valence-corrected chi connectivity index (χ4v) is 3.82. The van der Waals surface area contributed by atoms with Crippen LogP contribution in [0.2, 0.25) is 0 Å². The summed E-state index contributed by atoms with van der Waals surface area (Å²) in [5, 5.41) is 1.29. The Bertz CT molecular complexity index is 1020. The van der Waals surface area contributed by atoms with Gasteiger partial charge in [-0.2, -0.15) is 4.40 Å². The molecule has 0 aliphatic rings. The SMILES string of the molecule is CCCc1c(CCC)c2n(-c3ccccc3)cc[n+]2c2ncccc12. The standard InChI is InChI=1S/C22H24N3/c1-3-9-18-19-13-8-14-23-21(19)25-16-15-24(17-11-6-5-7-12-17)22(25)20(18)10-4-2/h5-8,11-16H,3-4,9-10H2,1-2H3/q+1. The molecule has 25 heavy (non-hydrogen) atoms. The molecule has 3 heteroatoms. The maximum Gasteiger partial charge on any atom is 0.274 e. The minimum absolute atomic E-state index is 1.05. The average Bonchev–Trinajstić information content (AvgIpc) is 3.10. The van der Waals surface area contributed by atoms with E-state index in [0.717, 1.165) is 31.3 Å². The predicted molar refractivity (Wildman–Crippen MR) is 102 cm³/mol. The monoisotopic (exact) mass is 330 g/mol. The van der Waals surface area contributed by atoms with Crippen molar-refractivity contribution in [3.05, 3.63) is 72.2 Å². The van der Waals surface area contributed by atoms with Crippen LogP contribution < -0.4 is 4.40 Å². The van der Waals surface area contributed by atoms with E-state index in [-0.39, 0.29) is 0 Å². The third-order valence-corrected chi connectivity index (χ3v) is 4.83. The van der Waals surface area contributed by atoms with Gasteiger partial charge in [0.25, 0.3) is 5.65 Å². The fraction of sp³-hybridized carbons (Fsp3) is 0.273. The van der Waals surface area contributed by atoms with Crippen LogP contribution in [0, 0.1) is 0 Å². The summed E-state index contributed by atoms with van der Waals surface area (Å²) < 4.78 is 4.56. The van der Waals surface area contributed by atoms with E-state index in [1.165, 1.54) is 27.8 Å². The first-order chi connectivity index (χ1) is 12.3. The highest BCUT2D eigenvalue weighted by Crippen LogP contribution is 2.26. The van der Waals surface area contributed by atoms with Crippen LogP contribution in [-0.4, -0.2) is 9.55 Å². The van der Waals surface area contributed by atoms with Gasteiger partial charge in [0.05, 0.1) is 11.6 Å². The van der Waals surface area contributed by atoms with Crippen LogP contribution in [0.5, 0.6) is 0 Å². The molecule has 0 unspecified atom stereocenters. The van der Waals surface area contributed by atoms with Gasteiger partial charge in [0.2, 0.25) is 5.65 Å². The summed E-state index contributed by atoms with van der Waals surface area (Å²) in [6.45, 7) is 4.51. The molecular weight excluding hydrogens is 306 g/mol. The molecule has 0 N–H and O–H groups in total. The van der Waals surface area contributed by atoms with E-state index >= 15 is 0 Å². The largest absolute Gasteiger partial charge is 0.274 e. The van der Waals surface area contributed by atoms with Crippen LogP contribution in [-0.2, 0) is 12.8 Å². The van der Waals surface area contributed by atoms with Crippen molar-refractivity contribution in [3.8, 4) is 5.69 Å². The first kappa shape index (κ1) is 15.8. The van der Waals surface area contributed by atoms with Crippen LogP contribution in [0.1, 0.15) is 37.8 Å². The normalized spacial score (nSPS) is 11.4. The number of hydrogen-bond donors (Lipinski definition) is 0. The molecule has 0 aliphatic carbocycles. The van der Waals surface area contributed by atoms with Crippen molar-refractivity contribution in [2.75, 3.05) is 0 Å². The van der Waals surface area contributed by atoms with Gasteiger partial charge in [-0.1, -0.05) is 44.9 Å². The molecule has 0 fully saturated rings. The Morgan fingerprint density at radius 3 is 2.44 bits per heavy atom. The smallest absolute Gasteiger partial charge is 0.230 e. The van der Waals surface area contributed by atoms with Crippen LogP contribution in [0.4, 0.5) is 0 Å². The molecule has 4 rings (SSSR count). The Hall–Kier alpha value is -2.68. The summed E-state index contributed by atoms with van der Waals surface area (Å²) in [4.78, 5) is 4.71. The molecule has 3 aromatic heterocycles. The van der Waals surface area contributed by atoms with E-state index in [1.54, 1.807) is 0 Å². The second-order valence-electron chi connectivity index (χ2n) is 6.53. The molecule has 0 saturated carbocycles. The molecule has 4 aromatic rings. The fourth-order valence-electron chi connectivity index (χ4n) is 3.82. The summed E-state index contributed by atoms with van der Waals surface area (Å²) in [5.41, 5.74) is 6.42. The number of aryl methyl sites for hydroxylation is 2. The number of para-hydroxylation sites is 1. The van der Waals surface area contributed by atoms with Gasteiger partial charge in [0.1, 0.15) is 18.1 Å². The molecule has 0 amide bonds. The van der Waals surface area contributed by atoms with Gasteiger partial charge in [-0.15, -0.1) is 4.98 Å². The zero-order chi connectivity index (χ0) is 17.2. The van der Waals surface area contributed by atoms with Crippen molar-refractivity contribution in [3.63, 3.8) is 0 Å². The molecule has 0 radical (unpaired) electrons. The highest BCUT2D eigenvalue weighted by molar-refractivity contribution is 5.80. The second kappa shape index (κ2) is 6.67. The van der Waals surface area contributed by atoms with Gasteiger partial charge in [-0.05, 0) is 42.7 Å². The highest BCUT2D eigenvalue weighted by atomic mass is 15.1. The minimum atomic E-state index is 1.05. The first-order valence-corrected chi connectivity index (χ1v) is 9.21. The Labute approximate surface area is 148 Å². The molecule has 0 aliphatic heterocycles. The molecule has 0 saturated heterocycles. The van der Waals surface area contributed by atoms with Gasteiger partial charge < -0.3 is 0 Å². The highest BCUT2D eigenvalue weighted by Gasteiger charge is 2.22. The number of hydrogen-bond acceptors (Lipinski definition) is 1. The maximum atomic E-state index is 4.71. The van der Waals surface area contributed by atoms with Crippen molar-refractivity contribution >= 4 is 16.7 Å². The van der Waals surface area contributed by atoms with Crippen molar-refractivity contribution in [2.45, 2.75) is 39.5 Å². The molecule has 126 valence electrons. The van der Waals surface area contributed by atoms with E-state index in [4.69, 9.17) is 4.98 Å². The summed E-state index contributed by atoms with van der Waals surface area (Å²) in [6, 6.07) is 14.9. The Balaban J connectivity index is 2.14. The van der Waals surface area contributed by atoms with E-state index in [1.807, 2.05) is 6.20 Å². The molecule has 0 bridgehead atoms. The minimum Gasteiger partial charge on any atom is -0.230 e. The number of pyridine rings is 2. The average molecular weight is 330 g/mol. The van der Waals surface area contributed by atoms with Crippen LogP contribution in [0.15, 0.2) is 61.1 Å². The Kier molecular flexibility index (Phi) is 4.22. The zero-order valence-corrected chi connectivity index (χ0v) is 14.9. The van der Waals surface area contributed by atoms with E-state index in [0.29, 0.717) is 0 Å². The molecule has 0 atom stereocenters. The summed E-state index contributed by atoms with van der Waals surface area (Å²) in [7, 11) is 0. The lowest BCUT2D eigenvalue weighted by molar-refractivity contribution is -0.483.